The maximum Gasteiger partial charge on any atom is 0.112 e. The summed E-state index contributed by atoms with van der Waals surface area (Å²) in [6, 6.07) is 6.19. The third kappa shape index (κ3) is 1.29. The van der Waals surface area contributed by atoms with Gasteiger partial charge in [0.2, 0.25) is 0 Å². The molecule has 0 unspecified atom stereocenters. The number of nitrogens with zero attached hydrogens (tertiary/aromatic N) is 1. The molecule has 0 saturated heterocycles. The molecule has 0 fully saturated rings. The third-order valence-electron chi connectivity index (χ3n) is 2.33. The van der Waals surface area contributed by atoms with E-state index in [1.165, 1.54) is 10.9 Å². The summed E-state index contributed by atoms with van der Waals surface area (Å²) in [5.41, 5.74) is 2.31. The van der Waals surface area contributed by atoms with Crippen LogP contribution < -0.4 is 0 Å². The van der Waals surface area contributed by atoms with E-state index in [0.717, 1.165) is 15.2 Å². The van der Waals surface area contributed by atoms with Crippen molar-refractivity contribution in [3.8, 4) is 0 Å². The van der Waals surface area contributed by atoms with Crippen molar-refractivity contribution in [2.45, 2.75) is 6.92 Å². The number of fused-ring (bicyclic) bond motifs is 1. The Morgan fingerprint density at radius 1 is 1.38 bits per heavy atom. The molecule has 0 amide bonds. The minimum absolute atomic E-state index is 0.813. The second-order valence-corrected chi connectivity index (χ2v) is 4.41. The van der Waals surface area contributed by atoms with Crippen molar-refractivity contribution in [3.63, 3.8) is 0 Å². The van der Waals surface area contributed by atoms with E-state index < -0.39 is 0 Å². The van der Waals surface area contributed by atoms with Gasteiger partial charge in [0.1, 0.15) is 5.15 Å². The summed E-state index contributed by atoms with van der Waals surface area (Å²) in [6.07, 6.45) is 0. The van der Waals surface area contributed by atoms with Crippen LogP contribution in [0.3, 0.4) is 0 Å². The lowest BCUT2D eigenvalue weighted by atomic mass is 10.2. The Morgan fingerprint density at radius 3 is 2.77 bits per heavy atom. The molecular weight excluding hydrogens is 249 g/mol. The van der Waals surface area contributed by atoms with Crippen LogP contribution in [0.5, 0.6) is 0 Å². The summed E-state index contributed by atoms with van der Waals surface area (Å²) in [4.78, 5) is 0. The highest BCUT2D eigenvalue weighted by atomic mass is 79.9. The van der Waals surface area contributed by atoms with Gasteiger partial charge in [0, 0.05) is 22.4 Å². The molecule has 1 nitrogen and oxygen atoms in total. The van der Waals surface area contributed by atoms with Gasteiger partial charge in [-0.2, -0.15) is 0 Å². The molecule has 1 heterocycles. The smallest absolute Gasteiger partial charge is 0.112 e. The van der Waals surface area contributed by atoms with E-state index >= 15 is 0 Å². The summed E-state index contributed by atoms with van der Waals surface area (Å²) in [5.74, 6) is 0. The van der Waals surface area contributed by atoms with Gasteiger partial charge in [-0.1, -0.05) is 27.5 Å². The highest BCUT2D eigenvalue weighted by molar-refractivity contribution is 9.10. The van der Waals surface area contributed by atoms with Gasteiger partial charge in [-0.05, 0) is 30.7 Å². The van der Waals surface area contributed by atoms with Gasteiger partial charge >= 0.3 is 0 Å². The van der Waals surface area contributed by atoms with E-state index in [-0.39, 0.29) is 0 Å². The second kappa shape index (κ2) is 3.03. The van der Waals surface area contributed by atoms with Crippen molar-refractivity contribution in [2.75, 3.05) is 0 Å². The van der Waals surface area contributed by atoms with E-state index in [2.05, 4.69) is 28.1 Å². The molecule has 0 atom stereocenters. The molecule has 1 aromatic heterocycles. The van der Waals surface area contributed by atoms with Crippen molar-refractivity contribution in [1.29, 1.82) is 0 Å². The zero-order valence-corrected chi connectivity index (χ0v) is 9.78. The Bertz CT molecular complexity index is 473. The highest BCUT2D eigenvalue weighted by Gasteiger charge is 2.08. The molecule has 0 N–H and O–H groups in total. The molecule has 2 rings (SSSR count). The topological polar surface area (TPSA) is 4.93 Å². The Balaban J connectivity index is 2.95. The van der Waals surface area contributed by atoms with Crippen LogP contribution in [0, 0.1) is 6.92 Å². The Labute approximate surface area is 90.4 Å². The first-order chi connectivity index (χ1) is 6.11. The number of hydrogen-bond acceptors (Lipinski definition) is 0. The third-order valence-corrected chi connectivity index (χ3v) is 3.36. The molecule has 1 aromatic carbocycles. The van der Waals surface area contributed by atoms with Crippen LogP contribution in [0.15, 0.2) is 22.7 Å². The average Bonchev–Trinajstić information content (AvgIpc) is 2.32. The molecule has 0 spiro atoms. The summed E-state index contributed by atoms with van der Waals surface area (Å²) in [7, 11) is 1.98. The zero-order valence-electron chi connectivity index (χ0n) is 7.44. The van der Waals surface area contributed by atoms with Gasteiger partial charge in [-0.25, -0.2) is 0 Å². The minimum atomic E-state index is 0.813. The molecule has 0 aliphatic carbocycles. The van der Waals surface area contributed by atoms with Crippen LogP contribution >= 0.6 is 27.5 Å². The fourth-order valence-electron chi connectivity index (χ4n) is 1.57. The van der Waals surface area contributed by atoms with Crippen LogP contribution in [0.2, 0.25) is 5.15 Å². The molecule has 13 heavy (non-hydrogen) atoms. The van der Waals surface area contributed by atoms with Gasteiger partial charge in [0.05, 0.1) is 0 Å². The Kier molecular flexibility index (Phi) is 2.12. The first-order valence-electron chi connectivity index (χ1n) is 4.01. The van der Waals surface area contributed by atoms with Crippen molar-refractivity contribution >= 4 is 38.4 Å². The van der Waals surface area contributed by atoms with Gasteiger partial charge in [-0.15, -0.1) is 0 Å². The number of aryl methyl sites for hydroxylation is 2. The molecule has 0 saturated carbocycles. The average molecular weight is 259 g/mol. The normalized spacial score (nSPS) is 11.1. The van der Waals surface area contributed by atoms with Crippen LogP contribution in [0.25, 0.3) is 10.9 Å². The number of aromatic nitrogens is 1. The summed E-state index contributed by atoms with van der Waals surface area (Å²) >= 11 is 9.57. The Hall–Kier alpha value is -0.470. The van der Waals surface area contributed by atoms with Gasteiger partial charge in [-0.3, -0.25) is 0 Å². The van der Waals surface area contributed by atoms with E-state index in [1.807, 2.05) is 24.6 Å². The molecule has 2 aromatic rings. The first-order valence-corrected chi connectivity index (χ1v) is 5.18. The molecule has 68 valence electrons. The summed E-state index contributed by atoms with van der Waals surface area (Å²) in [6.45, 7) is 2.04. The SMILES string of the molecule is Cc1c(Cl)n(C)c2ccc(Br)cc12. The number of rotatable bonds is 0. The zero-order chi connectivity index (χ0) is 9.59. The summed E-state index contributed by atoms with van der Waals surface area (Å²) in [5, 5.41) is 2.02. The maximum absolute atomic E-state index is 6.12. The molecular formula is C10H9BrClN. The Morgan fingerprint density at radius 2 is 2.08 bits per heavy atom. The van der Waals surface area contributed by atoms with Crippen molar-refractivity contribution < 1.29 is 0 Å². The van der Waals surface area contributed by atoms with Gasteiger partial charge in [0.15, 0.2) is 0 Å². The molecule has 0 radical (unpaired) electrons. The molecule has 0 aliphatic rings. The van der Waals surface area contributed by atoms with Crippen molar-refractivity contribution in [3.05, 3.63) is 33.4 Å². The lowest BCUT2D eigenvalue weighted by Gasteiger charge is -1.96. The molecule has 0 aliphatic heterocycles. The standard InChI is InChI=1S/C10H9BrClN/c1-6-8-5-7(11)3-4-9(8)13(2)10(6)12/h3-5H,1-2H3. The van der Waals surface area contributed by atoms with Gasteiger partial charge in [0.25, 0.3) is 0 Å². The van der Waals surface area contributed by atoms with Crippen LogP contribution in [0.1, 0.15) is 5.56 Å². The van der Waals surface area contributed by atoms with Crippen molar-refractivity contribution in [2.24, 2.45) is 7.05 Å². The maximum atomic E-state index is 6.12. The van der Waals surface area contributed by atoms with Gasteiger partial charge < -0.3 is 4.57 Å². The highest BCUT2D eigenvalue weighted by Crippen LogP contribution is 2.30. The van der Waals surface area contributed by atoms with Crippen molar-refractivity contribution in [1.82, 2.24) is 4.57 Å². The fourth-order valence-corrected chi connectivity index (χ4v) is 2.12. The minimum Gasteiger partial charge on any atom is -0.335 e. The van der Waals surface area contributed by atoms with Crippen LogP contribution in [0.4, 0.5) is 0 Å². The van der Waals surface area contributed by atoms with E-state index in [1.54, 1.807) is 0 Å². The van der Waals surface area contributed by atoms with Crippen LogP contribution in [-0.4, -0.2) is 4.57 Å². The second-order valence-electron chi connectivity index (χ2n) is 3.14. The predicted octanol–water partition coefficient (Wildman–Crippen LogP) is 3.90. The quantitative estimate of drug-likeness (QED) is 0.675. The van der Waals surface area contributed by atoms with E-state index in [0.29, 0.717) is 0 Å². The van der Waals surface area contributed by atoms with E-state index in [9.17, 15) is 0 Å². The number of halogens is 2. The predicted molar refractivity (Wildman–Crippen MR) is 60.4 cm³/mol. The first kappa shape index (κ1) is 9.10. The fraction of sp³-hybridized carbons (Fsp3) is 0.200. The largest absolute Gasteiger partial charge is 0.335 e. The number of benzene rings is 1. The number of hydrogen-bond donors (Lipinski definition) is 0. The van der Waals surface area contributed by atoms with Crippen LogP contribution in [-0.2, 0) is 7.05 Å². The van der Waals surface area contributed by atoms with E-state index in [4.69, 9.17) is 11.6 Å². The monoisotopic (exact) mass is 257 g/mol. The molecule has 3 heteroatoms. The summed E-state index contributed by atoms with van der Waals surface area (Å²) < 4.78 is 3.09. The molecule has 0 bridgehead atoms. The lowest BCUT2D eigenvalue weighted by molar-refractivity contribution is 0.965. The lowest BCUT2D eigenvalue weighted by Crippen LogP contribution is -1.85.